The van der Waals surface area contributed by atoms with Crippen molar-refractivity contribution >= 4 is 15.2 Å². The average Bonchev–Trinajstić information content (AvgIpc) is 2.07. The first-order valence-electron chi connectivity index (χ1n) is 5.29. The monoisotopic (exact) mass is 289 g/mol. The average molecular weight is 289 g/mol. The molecule has 9 heteroatoms. The summed E-state index contributed by atoms with van der Waals surface area (Å²) in [6.45, 7) is 1.90. The van der Waals surface area contributed by atoms with Gasteiger partial charge in [-0.15, -0.1) is 0 Å². The van der Waals surface area contributed by atoms with Gasteiger partial charge in [0.1, 0.15) is 0 Å². The SMILES string of the molecule is CCCCCC(N(C)C)(P(=O)(O)O)P(=O)(O)O. The van der Waals surface area contributed by atoms with Crippen molar-refractivity contribution in [2.75, 3.05) is 14.1 Å². The summed E-state index contributed by atoms with van der Waals surface area (Å²) in [6, 6.07) is 0. The first-order valence-corrected chi connectivity index (χ1v) is 8.52. The molecular formula is C8H21NO6P2. The van der Waals surface area contributed by atoms with Crippen LogP contribution in [0.5, 0.6) is 0 Å². The molecule has 0 aliphatic carbocycles. The predicted molar refractivity (Wildman–Crippen MR) is 64.6 cm³/mol. The molecule has 0 aliphatic heterocycles. The van der Waals surface area contributed by atoms with E-state index < -0.39 is 20.2 Å². The second-order valence-electron chi connectivity index (χ2n) is 4.21. The van der Waals surface area contributed by atoms with E-state index in [1.807, 2.05) is 6.92 Å². The molecule has 0 fully saturated rings. The zero-order chi connectivity index (χ0) is 13.9. The molecule has 4 N–H and O–H groups in total. The van der Waals surface area contributed by atoms with E-state index in [2.05, 4.69) is 0 Å². The summed E-state index contributed by atoms with van der Waals surface area (Å²) >= 11 is 0. The molecule has 0 atom stereocenters. The van der Waals surface area contributed by atoms with Gasteiger partial charge in [-0.1, -0.05) is 26.2 Å². The highest BCUT2D eigenvalue weighted by Crippen LogP contribution is 2.71. The quantitative estimate of drug-likeness (QED) is 0.410. The van der Waals surface area contributed by atoms with Crippen LogP contribution in [0.4, 0.5) is 0 Å². The third-order valence-corrected chi connectivity index (χ3v) is 7.44. The maximum Gasteiger partial charge on any atom is 0.358 e. The Hall–Kier alpha value is 0.260. The van der Waals surface area contributed by atoms with Crippen LogP contribution in [-0.2, 0) is 9.13 Å². The van der Waals surface area contributed by atoms with E-state index in [0.717, 1.165) is 11.3 Å². The van der Waals surface area contributed by atoms with Crippen LogP contribution < -0.4 is 0 Å². The summed E-state index contributed by atoms with van der Waals surface area (Å²) in [7, 11) is -7.39. The second kappa shape index (κ2) is 5.93. The third-order valence-electron chi connectivity index (χ3n) is 2.76. The lowest BCUT2D eigenvalue weighted by molar-refractivity contribution is 0.199. The number of hydrogen-bond donors (Lipinski definition) is 4. The lowest BCUT2D eigenvalue weighted by atomic mass is 10.2. The van der Waals surface area contributed by atoms with E-state index >= 15 is 0 Å². The lowest BCUT2D eigenvalue weighted by Gasteiger charge is -2.39. The van der Waals surface area contributed by atoms with Gasteiger partial charge < -0.3 is 19.6 Å². The van der Waals surface area contributed by atoms with Crippen molar-refractivity contribution in [1.82, 2.24) is 4.90 Å². The summed E-state index contributed by atoms with van der Waals surface area (Å²) in [4.78, 5) is 38.2. The molecule has 0 spiro atoms. The third kappa shape index (κ3) is 3.61. The minimum Gasteiger partial charge on any atom is -0.323 e. The Labute approximate surface area is 101 Å². The van der Waals surface area contributed by atoms with Crippen LogP contribution in [0.15, 0.2) is 0 Å². The molecule has 0 aromatic rings. The van der Waals surface area contributed by atoms with Crippen LogP contribution in [0.3, 0.4) is 0 Å². The molecule has 0 aromatic heterocycles. The van der Waals surface area contributed by atoms with Crippen LogP contribution in [0.1, 0.15) is 32.6 Å². The van der Waals surface area contributed by atoms with E-state index in [-0.39, 0.29) is 6.42 Å². The van der Waals surface area contributed by atoms with Gasteiger partial charge in [-0.2, -0.15) is 0 Å². The Kier molecular flexibility index (Phi) is 6.02. The van der Waals surface area contributed by atoms with Crippen molar-refractivity contribution in [3.8, 4) is 0 Å². The lowest BCUT2D eigenvalue weighted by Crippen LogP contribution is -2.43. The number of rotatable bonds is 7. The smallest absolute Gasteiger partial charge is 0.323 e. The van der Waals surface area contributed by atoms with Gasteiger partial charge in [0.25, 0.3) is 0 Å². The van der Waals surface area contributed by atoms with Gasteiger partial charge in [0, 0.05) is 0 Å². The summed E-state index contributed by atoms with van der Waals surface area (Å²) in [6.07, 6.45) is 1.58. The van der Waals surface area contributed by atoms with Crippen LogP contribution in [0, 0.1) is 0 Å². The van der Waals surface area contributed by atoms with Gasteiger partial charge in [-0.3, -0.25) is 14.0 Å². The summed E-state index contributed by atoms with van der Waals surface area (Å²) in [5, 5.41) is -2.41. The Bertz CT molecular complexity index is 311. The van der Waals surface area contributed by atoms with Crippen molar-refractivity contribution in [3.05, 3.63) is 0 Å². The molecule has 0 saturated heterocycles. The molecule has 0 unspecified atom stereocenters. The normalized spacial score (nSPS) is 14.4. The standard InChI is InChI=1S/C8H21NO6P2/c1-4-5-6-7-8(9(2)3,16(10,11)12)17(13,14)15/h4-7H2,1-3H3,(H2,10,11,12)(H2,13,14,15). The first-order chi connectivity index (χ1) is 7.50. The van der Waals surface area contributed by atoms with E-state index in [1.54, 1.807) is 0 Å². The molecule has 0 amide bonds. The Balaban J connectivity index is 5.46. The fourth-order valence-corrected chi connectivity index (χ4v) is 5.12. The number of nitrogens with zero attached hydrogens (tertiary/aromatic N) is 1. The largest absolute Gasteiger partial charge is 0.358 e. The first kappa shape index (κ1) is 17.3. The van der Waals surface area contributed by atoms with E-state index in [4.69, 9.17) is 0 Å². The number of unbranched alkanes of at least 4 members (excludes halogenated alkanes) is 2. The molecule has 0 aliphatic rings. The highest BCUT2D eigenvalue weighted by atomic mass is 31.2. The molecule has 0 heterocycles. The van der Waals surface area contributed by atoms with Crippen molar-refractivity contribution in [2.45, 2.75) is 37.6 Å². The van der Waals surface area contributed by atoms with Crippen LogP contribution in [0.2, 0.25) is 0 Å². The Morgan fingerprint density at radius 2 is 1.41 bits per heavy atom. The van der Waals surface area contributed by atoms with Crippen LogP contribution in [-0.4, -0.2) is 43.6 Å². The molecule has 17 heavy (non-hydrogen) atoms. The van der Waals surface area contributed by atoms with Gasteiger partial charge in [0.2, 0.25) is 5.02 Å². The van der Waals surface area contributed by atoms with E-state index in [1.165, 1.54) is 14.1 Å². The summed E-state index contributed by atoms with van der Waals surface area (Å²) in [5.41, 5.74) is 0. The molecular weight excluding hydrogens is 268 g/mol. The summed E-state index contributed by atoms with van der Waals surface area (Å²) < 4.78 is 23.0. The zero-order valence-electron chi connectivity index (χ0n) is 10.3. The topological polar surface area (TPSA) is 118 Å². The van der Waals surface area contributed by atoms with E-state index in [9.17, 15) is 28.7 Å². The minimum absolute atomic E-state index is 0.234. The number of hydrogen-bond acceptors (Lipinski definition) is 3. The second-order valence-corrected chi connectivity index (χ2v) is 8.22. The maximum atomic E-state index is 11.5. The van der Waals surface area contributed by atoms with E-state index in [0.29, 0.717) is 12.8 Å². The summed E-state index contributed by atoms with van der Waals surface area (Å²) in [5.74, 6) is 0. The fourth-order valence-electron chi connectivity index (χ4n) is 1.82. The van der Waals surface area contributed by atoms with Crippen LogP contribution in [0.25, 0.3) is 0 Å². The minimum atomic E-state index is -4.96. The Morgan fingerprint density at radius 3 is 1.65 bits per heavy atom. The van der Waals surface area contributed by atoms with Crippen molar-refractivity contribution < 1.29 is 28.7 Å². The predicted octanol–water partition coefficient (Wildman–Crippen LogP) is 1.14. The van der Waals surface area contributed by atoms with Crippen molar-refractivity contribution in [2.24, 2.45) is 0 Å². The molecule has 104 valence electrons. The van der Waals surface area contributed by atoms with Gasteiger partial charge in [0.15, 0.2) is 0 Å². The Morgan fingerprint density at radius 1 is 1.00 bits per heavy atom. The molecule has 0 rings (SSSR count). The molecule has 0 aromatic carbocycles. The fraction of sp³-hybridized carbons (Fsp3) is 1.00. The molecule has 0 saturated carbocycles. The maximum absolute atomic E-state index is 11.5. The van der Waals surface area contributed by atoms with Gasteiger partial charge in [-0.05, 0) is 20.5 Å². The van der Waals surface area contributed by atoms with Gasteiger partial charge in [0.05, 0.1) is 0 Å². The molecule has 0 bridgehead atoms. The van der Waals surface area contributed by atoms with Crippen molar-refractivity contribution in [3.63, 3.8) is 0 Å². The molecule has 0 radical (unpaired) electrons. The van der Waals surface area contributed by atoms with Crippen LogP contribution >= 0.6 is 15.2 Å². The zero-order valence-corrected chi connectivity index (χ0v) is 12.1. The highest BCUT2D eigenvalue weighted by molar-refractivity contribution is 7.72. The van der Waals surface area contributed by atoms with Gasteiger partial charge >= 0.3 is 15.2 Å². The van der Waals surface area contributed by atoms with Crippen molar-refractivity contribution in [1.29, 1.82) is 0 Å². The van der Waals surface area contributed by atoms with Gasteiger partial charge in [-0.25, -0.2) is 0 Å². The molecule has 7 nitrogen and oxygen atoms in total. The highest BCUT2D eigenvalue weighted by Gasteiger charge is 2.61.